The third-order valence-corrected chi connectivity index (χ3v) is 2.73. The number of esters is 2. The molecule has 0 saturated carbocycles. The first-order valence-corrected chi connectivity index (χ1v) is 6.35. The van der Waals surface area contributed by atoms with Gasteiger partial charge in [-0.3, -0.25) is 4.89 Å². The monoisotopic (exact) mass is 346 g/mol. The van der Waals surface area contributed by atoms with Crippen LogP contribution in [0.1, 0.15) is 0 Å². The quantitative estimate of drug-likeness (QED) is 0.133. The number of hydrogen-bond donors (Lipinski definition) is 3. The summed E-state index contributed by atoms with van der Waals surface area (Å²) in [7, 11) is 0. The summed E-state index contributed by atoms with van der Waals surface area (Å²) in [5.41, 5.74) is -2.57. The highest BCUT2D eigenvalue weighted by atomic mass is 17.2. The Hall–Kier alpha value is -2.53. The summed E-state index contributed by atoms with van der Waals surface area (Å²) in [5.74, 6) is -6.33. The van der Waals surface area contributed by atoms with Gasteiger partial charge in [-0.25, -0.2) is 14.4 Å². The molecule has 10 heteroatoms. The zero-order valence-electron chi connectivity index (χ0n) is 12.7. The molecule has 0 aromatic rings. The summed E-state index contributed by atoms with van der Waals surface area (Å²) in [6.07, 6.45) is 1.99. The van der Waals surface area contributed by atoms with Crippen LogP contribution in [-0.2, 0) is 33.6 Å². The zero-order valence-corrected chi connectivity index (χ0v) is 12.7. The van der Waals surface area contributed by atoms with Gasteiger partial charge in [0.1, 0.15) is 6.61 Å². The molecule has 0 amide bonds. The van der Waals surface area contributed by atoms with Gasteiger partial charge < -0.3 is 24.8 Å². The van der Waals surface area contributed by atoms with Gasteiger partial charge in [-0.15, -0.1) is 0 Å². The number of ether oxygens (including phenoxy) is 2. The van der Waals surface area contributed by atoms with E-state index in [9.17, 15) is 29.7 Å². The van der Waals surface area contributed by atoms with Gasteiger partial charge >= 0.3 is 23.7 Å². The van der Waals surface area contributed by atoms with E-state index < -0.39 is 49.1 Å². The maximum Gasteiger partial charge on any atom is 0.365 e. The molecule has 0 radical (unpaired) electrons. The Bertz CT molecular complexity index is 484. The van der Waals surface area contributed by atoms with Crippen LogP contribution in [0.4, 0.5) is 0 Å². The highest BCUT2D eigenvalue weighted by Crippen LogP contribution is 2.32. The summed E-state index contributed by atoms with van der Waals surface area (Å²) in [5, 5.41) is 28.7. The molecule has 24 heavy (non-hydrogen) atoms. The van der Waals surface area contributed by atoms with Crippen molar-refractivity contribution in [3.05, 3.63) is 38.0 Å². The molecule has 0 unspecified atom stereocenters. The van der Waals surface area contributed by atoms with Crippen molar-refractivity contribution in [1.29, 1.82) is 0 Å². The molecule has 0 aromatic carbocycles. The van der Waals surface area contributed by atoms with Crippen LogP contribution in [0.3, 0.4) is 0 Å². The van der Waals surface area contributed by atoms with E-state index in [1.165, 1.54) is 0 Å². The molecule has 0 fully saturated rings. The lowest BCUT2D eigenvalue weighted by Crippen LogP contribution is -2.66. The predicted octanol–water partition coefficient (Wildman–Crippen LogP) is -1.48. The van der Waals surface area contributed by atoms with Crippen LogP contribution < -0.4 is 0 Å². The molecule has 0 aliphatic rings. The van der Waals surface area contributed by atoms with E-state index in [0.29, 0.717) is 18.2 Å². The van der Waals surface area contributed by atoms with Crippen LogP contribution in [-0.4, -0.2) is 64.4 Å². The average Bonchev–Trinajstić information content (AvgIpc) is 2.61. The van der Waals surface area contributed by atoms with Crippen molar-refractivity contribution in [2.75, 3.05) is 19.8 Å². The Morgan fingerprint density at radius 2 is 1.21 bits per heavy atom. The van der Waals surface area contributed by atoms with Crippen LogP contribution in [0, 0.1) is 0 Å². The van der Waals surface area contributed by atoms with Gasteiger partial charge in [0.2, 0.25) is 5.60 Å². The molecule has 0 aliphatic heterocycles. The smallest absolute Gasteiger partial charge is 0.365 e. The van der Waals surface area contributed by atoms with Gasteiger partial charge in [-0.05, 0) is 0 Å². The van der Waals surface area contributed by atoms with Crippen molar-refractivity contribution in [3.8, 4) is 0 Å². The minimum atomic E-state index is -2.78. The van der Waals surface area contributed by atoms with Gasteiger partial charge in [-0.1, -0.05) is 19.7 Å². The van der Waals surface area contributed by atoms with E-state index in [4.69, 9.17) is 9.47 Å². The van der Waals surface area contributed by atoms with E-state index in [1.807, 2.05) is 0 Å². The summed E-state index contributed by atoms with van der Waals surface area (Å²) in [4.78, 5) is 43.0. The number of aliphatic hydroxyl groups excluding tert-OH is 3. The highest BCUT2D eigenvalue weighted by molar-refractivity contribution is 5.83. The second-order valence-electron chi connectivity index (χ2n) is 4.16. The topological polar surface area (TPSA) is 149 Å². The van der Waals surface area contributed by atoms with Gasteiger partial charge in [0, 0.05) is 18.2 Å². The molecular weight excluding hydrogens is 328 g/mol. The van der Waals surface area contributed by atoms with Crippen molar-refractivity contribution in [3.63, 3.8) is 0 Å². The molecule has 0 aliphatic carbocycles. The Morgan fingerprint density at radius 1 is 0.792 bits per heavy atom. The lowest BCUT2D eigenvalue weighted by Gasteiger charge is -2.42. The number of rotatable bonds is 11. The number of carbonyl (C=O) groups is 3. The highest BCUT2D eigenvalue weighted by Gasteiger charge is 2.61. The fourth-order valence-corrected chi connectivity index (χ4v) is 1.39. The molecule has 3 N–H and O–H groups in total. The van der Waals surface area contributed by atoms with Crippen molar-refractivity contribution in [2.24, 2.45) is 0 Å². The Kier molecular flexibility index (Phi) is 8.56. The Labute approximate surface area is 137 Å². The van der Waals surface area contributed by atoms with Gasteiger partial charge in [-0.2, -0.15) is 4.89 Å². The minimum absolute atomic E-state index is 0.654. The average molecular weight is 346 g/mol. The largest absolute Gasteiger partial charge is 0.413 e. The molecule has 0 bridgehead atoms. The third-order valence-electron chi connectivity index (χ3n) is 2.73. The standard InChI is InChI=1S/C14H18O10/c1-4-10(18)21-14(9-17,22-11(19)5-2)13(7-15,8-16)24-23-12(20)6-3/h4-6,15-17H,1-3,7-9H2. The third kappa shape index (κ3) is 4.73. The first-order chi connectivity index (χ1) is 11.3. The summed E-state index contributed by atoms with van der Waals surface area (Å²) >= 11 is 0. The maximum absolute atomic E-state index is 11.5. The summed E-state index contributed by atoms with van der Waals surface area (Å²) < 4.78 is 9.52. The molecule has 0 spiro atoms. The first kappa shape index (κ1) is 21.5. The molecule has 0 rings (SSSR count). The zero-order chi connectivity index (χ0) is 18.8. The van der Waals surface area contributed by atoms with E-state index in [2.05, 4.69) is 29.5 Å². The van der Waals surface area contributed by atoms with Crippen molar-refractivity contribution in [2.45, 2.75) is 11.4 Å². The summed E-state index contributed by atoms with van der Waals surface area (Å²) in [6.45, 7) is 5.64. The van der Waals surface area contributed by atoms with Gasteiger partial charge in [0.25, 0.3) is 0 Å². The molecule has 0 atom stereocenters. The van der Waals surface area contributed by atoms with Crippen LogP contribution in [0.25, 0.3) is 0 Å². The van der Waals surface area contributed by atoms with E-state index >= 15 is 0 Å². The van der Waals surface area contributed by atoms with Crippen molar-refractivity contribution >= 4 is 17.9 Å². The van der Waals surface area contributed by atoms with Crippen LogP contribution in [0.5, 0.6) is 0 Å². The fourth-order valence-electron chi connectivity index (χ4n) is 1.39. The molecule has 10 nitrogen and oxygen atoms in total. The maximum atomic E-state index is 11.5. The minimum Gasteiger partial charge on any atom is -0.413 e. The Morgan fingerprint density at radius 3 is 1.50 bits per heavy atom. The first-order valence-electron chi connectivity index (χ1n) is 6.35. The summed E-state index contributed by atoms with van der Waals surface area (Å²) in [6, 6.07) is 0. The van der Waals surface area contributed by atoms with Crippen molar-refractivity contribution in [1.82, 2.24) is 0 Å². The van der Waals surface area contributed by atoms with Crippen LogP contribution >= 0.6 is 0 Å². The SMILES string of the molecule is C=CC(=O)OOC(CO)(CO)C(CO)(OC(=O)C=C)OC(=O)C=C. The lowest BCUT2D eigenvalue weighted by molar-refractivity contribution is -0.417. The molecular formula is C14H18O10. The lowest BCUT2D eigenvalue weighted by atomic mass is 9.94. The second-order valence-corrected chi connectivity index (χ2v) is 4.16. The normalized spacial score (nSPS) is 11.1. The Balaban J connectivity index is 6.01. The van der Waals surface area contributed by atoms with E-state index in [-0.39, 0.29) is 0 Å². The van der Waals surface area contributed by atoms with E-state index in [1.54, 1.807) is 0 Å². The molecule has 0 heterocycles. The van der Waals surface area contributed by atoms with Crippen LogP contribution in [0.15, 0.2) is 38.0 Å². The predicted molar refractivity (Wildman–Crippen MR) is 76.7 cm³/mol. The van der Waals surface area contributed by atoms with Crippen molar-refractivity contribution < 1.29 is 49.0 Å². The molecule has 134 valence electrons. The number of hydrogen-bond acceptors (Lipinski definition) is 10. The molecule has 0 aromatic heterocycles. The number of aliphatic hydroxyl groups is 3. The second kappa shape index (κ2) is 9.57. The van der Waals surface area contributed by atoms with Gasteiger partial charge in [0.05, 0.1) is 13.2 Å². The van der Waals surface area contributed by atoms with Crippen LogP contribution in [0.2, 0.25) is 0 Å². The fraction of sp³-hybridized carbons (Fsp3) is 0.357. The number of carbonyl (C=O) groups excluding carboxylic acids is 3. The van der Waals surface area contributed by atoms with E-state index in [0.717, 1.165) is 0 Å². The van der Waals surface area contributed by atoms with Gasteiger partial charge in [0.15, 0.2) is 0 Å². The molecule has 0 saturated heterocycles.